The van der Waals surface area contributed by atoms with E-state index in [-0.39, 0.29) is 27.5 Å². The molecule has 174 valence electrons. The number of esters is 1. The number of methoxy groups -OCH3 is 1. The Kier molecular flexibility index (Phi) is 6.53. The van der Waals surface area contributed by atoms with Crippen LogP contribution in [0.15, 0.2) is 11.6 Å². The monoisotopic (exact) mass is 492 g/mol. The van der Waals surface area contributed by atoms with Gasteiger partial charge in [0.05, 0.1) is 17.9 Å². The van der Waals surface area contributed by atoms with Crippen LogP contribution >= 0.6 is 15.9 Å². The first-order chi connectivity index (χ1) is 14.6. The number of alkyl halides is 1. The van der Waals surface area contributed by atoms with Crippen molar-refractivity contribution in [1.82, 2.24) is 0 Å². The van der Waals surface area contributed by atoms with Crippen LogP contribution in [0.25, 0.3) is 0 Å². The number of Topliss-reactive ketones (excluding diaryl/α,β-unsaturated/α-hetero) is 1. The summed E-state index contributed by atoms with van der Waals surface area (Å²) in [5, 5.41) is 0. The number of halogens is 1. The molecule has 0 aromatic rings. The van der Waals surface area contributed by atoms with Crippen LogP contribution in [0.5, 0.6) is 0 Å². The van der Waals surface area contributed by atoms with Crippen molar-refractivity contribution in [2.24, 2.45) is 46.3 Å². The molecule has 4 aliphatic carbocycles. The second-order valence-corrected chi connectivity index (χ2v) is 13.0. The topological polar surface area (TPSA) is 43.4 Å². The molecule has 0 saturated heterocycles. The van der Waals surface area contributed by atoms with Gasteiger partial charge in [0.25, 0.3) is 0 Å². The molecular weight excluding hydrogens is 452 g/mol. The molecule has 3 nitrogen and oxygen atoms in total. The van der Waals surface area contributed by atoms with E-state index in [4.69, 9.17) is 4.74 Å². The highest BCUT2D eigenvalue weighted by atomic mass is 79.9. The van der Waals surface area contributed by atoms with Gasteiger partial charge in [0, 0.05) is 6.42 Å². The van der Waals surface area contributed by atoms with Crippen molar-refractivity contribution < 1.29 is 14.3 Å². The van der Waals surface area contributed by atoms with E-state index in [2.05, 4.69) is 49.7 Å². The van der Waals surface area contributed by atoms with Gasteiger partial charge in [-0.1, -0.05) is 41.4 Å². The molecular formula is C27H41BrO3. The predicted molar refractivity (Wildman–Crippen MR) is 128 cm³/mol. The van der Waals surface area contributed by atoms with Gasteiger partial charge < -0.3 is 4.74 Å². The molecule has 0 spiro atoms. The van der Waals surface area contributed by atoms with Crippen LogP contribution in [0.4, 0.5) is 0 Å². The van der Waals surface area contributed by atoms with Crippen molar-refractivity contribution in [1.29, 1.82) is 0 Å². The van der Waals surface area contributed by atoms with Gasteiger partial charge in [0.15, 0.2) is 0 Å². The lowest BCUT2D eigenvalue weighted by Gasteiger charge is -2.61. The SMILES string of the molecule is COC(=O)[C@H](CC=C(C)C)[C@H]1CC[C@H]2[C@@H]3CC[C@H]4CC(=O)[C@H](Br)C[C@]4(C)[C@H]3CC[C@]12C. The molecule has 0 N–H and O–H groups in total. The molecule has 31 heavy (non-hydrogen) atoms. The Morgan fingerprint density at radius 2 is 1.84 bits per heavy atom. The summed E-state index contributed by atoms with van der Waals surface area (Å²) in [4.78, 5) is 25.3. The minimum Gasteiger partial charge on any atom is -0.469 e. The van der Waals surface area contributed by atoms with E-state index < -0.39 is 0 Å². The Morgan fingerprint density at radius 1 is 1.13 bits per heavy atom. The van der Waals surface area contributed by atoms with Crippen molar-refractivity contribution in [2.75, 3.05) is 7.11 Å². The summed E-state index contributed by atoms with van der Waals surface area (Å²) in [5.74, 6) is 3.56. The fourth-order valence-electron chi connectivity index (χ4n) is 8.70. The minimum atomic E-state index is -0.0184. The van der Waals surface area contributed by atoms with Crippen LogP contribution in [0.1, 0.15) is 85.5 Å². The zero-order valence-electron chi connectivity index (χ0n) is 20.1. The maximum atomic E-state index is 12.8. The number of fused-ring (bicyclic) bond motifs is 5. The second-order valence-electron chi connectivity index (χ2n) is 11.9. The second kappa shape index (κ2) is 8.61. The Hall–Kier alpha value is -0.640. The molecule has 0 amide bonds. The molecule has 0 radical (unpaired) electrons. The summed E-state index contributed by atoms with van der Waals surface area (Å²) in [6.07, 6.45) is 12.2. The highest BCUT2D eigenvalue weighted by molar-refractivity contribution is 9.10. The maximum Gasteiger partial charge on any atom is 0.309 e. The number of carbonyl (C=O) groups excluding carboxylic acids is 2. The maximum absolute atomic E-state index is 12.8. The lowest BCUT2D eigenvalue weighted by molar-refractivity contribution is -0.153. The van der Waals surface area contributed by atoms with Crippen LogP contribution in [-0.4, -0.2) is 23.7 Å². The predicted octanol–water partition coefficient (Wildman–Crippen LogP) is 6.73. The lowest BCUT2D eigenvalue weighted by atomic mass is 9.44. The highest BCUT2D eigenvalue weighted by Gasteiger charge is 2.62. The van der Waals surface area contributed by atoms with E-state index >= 15 is 0 Å². The van der Waals surface area contributed by atoms with Gasteiger partial charge in [-0.25, -0.2) is 0 Å². The standard InChI is InChI=1S/C27H41BrO3/c1-16(2)6-8-19(25(30)31-5)21-11-10-20-18-9-7-17-14-24(29)23(28)15-27(17,4)22(18)12-13-26(20,21)3/h6,17-23H,7-15H2,1-5H3/t17-,18-,19+,20-,21+,22-,23+,26-,27-/m0/s1. The number of carbonyl (C=O) groups is 2. The normalized spacial score (nSPS) is 45.2. The van der Waals surface area contributed by atoms with Crippen molar-refractivity contribution >= 4 is 27.7 Å². The zero-order chi connectivity index (χ0) is 22.6. The molecule has 0 aliphatic heterocycles. The number of hydrogen-bond donors (Lipinski definition) is 0. The van der Waals surface area contributed by atoms with Gasteiger partial charge in [-0.15, -0.1) is 0 Å². The first-order valence-corrected chi connectivity index (χ1v) is 13.4. The smallest absolute Gasteiger partial charge is 0.309 e. The van der Waals surface area contributed by atoms with E-state index in [1.54, 1.807) is 7.11 Å². The van der Waals surface area contributed by atoms with E-state index in [1.807, 2.05) is 0 Å². The van der Waals surface area contributed by atoms with E-state index in [1.165, 1.54) is 37.7 Å². The van der Waals surface area contributed by atoms with Gasteiger partial charge in [-0.2, -0.15) is 0 Å². The number of allylic oxidation sites excluding steroid dienone is 2. The third-order valence-electron chi connectivity index (χ3n) is 10.3. The average molecular weight is 494 g/mol. The minimum absolute atomic E-state index is 0.0161. The lowest BCUT2D eigenvalue weighted by Crippen LogP contribution is -2.55. The zero-order valence-corrected chi connectivity index (χ0v) is 21.7. The summed E-state index contributed by atoms with van der Waals surface area (Å²) in [6.45, 7) is 9.22. The summed E-state index contributed by atoms with van der Waals surface area (Å²) < 4.78 is 5.29. The third kappa shape index (κ3) is 3.87. The van der Waals surface area contributed by atoms with E-state index in [0.717, 1.165) is 37.5 Å². The van der Waals surface area contributed by atoms with Gasteiger partial charge in [0.1, 0.15) is 5.78 Å². The van der Waals surface area contributed by atoms with Crippen LogP contribution in [0.2, 0.25) is 0 Å². The molecule has 4 saturated carbocycles. The quantitative estimate of drug-likeness (QED) is 0.248. The highest BCUT2D eigenvalue weighted by Crippen LogP contribution is 2.68. The fourth-order valence-corrected chi connectivity index (χ4v) is 9.58. The molecule has 4 heteroatoms. The van der Waals surface area contributed by atoms with Gasteiger partial charge in [0.2, 0.25) is 0 Å². The van der Waals surface area contributed by atoms with Crippen molar-refractivity contribution in [2.45, 2.75) is 90.3 Å². The fraction of sp³-hybridized carbons (Fsp3) is 0.852. The van der Waals surface area contributed by atoms with Gasteiger partial charge in [-0.05, 0) is 106 Å². The molecule has 4 rings (SSSR count). The molecule has 4 aliphatic rings. The molecule has 0 aromatic heterocycles. The van der Waals surface area contributed by atoms with Crippen molar-refractivity contribution in [3.63, 3.8) is 0 Å². The summed E-state index contributed by atoms with van der Waals surface area (Å²) in [7, 11) is 1.55. The molecule has 9 atom stereocenters. The van der Waals surface area contributed by atoms with Crippen molar-refractivity contribution in [3.05, 3.63) is 11.6 Å². The molecule has 0 bridgehead atoms. The largest absolute Gasteiger partial charge is 0.469 e. The summed E-state index contributed by atoms with van der Waals surface area (Å²) >= 11 is 3.71. The van der Waals surface area contributed by atoms with Crippen LogP contribution in [0.3, 0.4) is 0 Å². The number of hydrogen-bond acceptors (Lipinski definition) is 3. The third-order valence-corrected chi connectivity index (χ3v) is 11.2. The van der Waals surface area contributed by atoms with Gasteiger partial charge in [-0.3, -0.25) is 9.59 Å². The molecule has 0 unspecified atom stereocenters. The van der Waals surface area contributed by atoms with E-state index in [0.29, 0.717) is 23.5 Å². The Labute approximate surface area is 197 Å². The van der Waals surface area contributed by atoms with Crippen LogP contribution < -0.4 is 0 Å². The van der Waals surface area contributed by atoms with E-state index in [9.17, 15) is 9.59 Å². The number of ether oxygens (including phenoxy) is 1. The van der Waals surface area contributed by atoms with Gasteiger partial charge >= 0.3 is 5.97 Å². The number of rotatable bonds is 4. The molecule has 0 aromatic carbocycles. The number of ketones is 1. The Bertz CT molecular complexity index is 756. The Balaban J connectivity index is 1.59. The average Bonchev–Trinajstić information content (AvgIpc) is 3.06. The molecule has 0 heterocycles. The first-order valence-electron chi connectivity index (χ1n) is 12.5. The Morgan fingerprint density at radius 3 is 2.52 bits per heavy atom. The molecule has 4 fully saturated rings. The van der Waals surface area contributed by atoms with Crippen LogP contribution in [-0.2, 0) is 14.3 Å². The first kappa shape index (κ1) is 23.5. The summed E-state index contributed by atoms with van der Waals surface area (Å²) in [5.41, 5.74) is 1.80. The van der Waals surface area contributed by atoms with Crippen molar-refractivity contribution in [3.8, 4) is 0 Å². The van der Waals surface area contributed by atoms with Crippen LogP contribution in [0, 0.1) is 46.3 Å². The summed E-state index contributed by atoms with van der Waals surface area (Å²) in [6, 6.07) is 0.